The number of hydrogen-bond acceptors (Lipinski definition) is 4. The predicted octanol–water partition coefficient (Wildman–Crippen LogP) is 13.6. The third kappa shape index (κ3) is 5.70. The highest BCUT2D eigenvalue weighted by molar-refractivity contribution is 6.23. The number of rotatable bonds is 6. The van der Waals surface area contributed by atoms with Crippen LogP contribution in [0.4, 0.5) is 0 Å². The monoisotopic (exact) mass is 811 g/mol. The van der Waals surface area contributed by atoms with Crippen LogP contribution < -0.4 is 16.0 Å². The molecule has 300 valence electrons. The van der Waals surface area contributed by atoms with Gasteiger partial charge in [0.1, 0.15) is 11.2 Å². The number of nitrogens with one attached hydrogen (secondary N) is 3. The zero-order valence-electron chi connectivity index (χ0n) is 34.2. The maximum absolute atomic E-state index is 6.67. The maximum atomic E-state index is 6.67. The predicted molar refractivity (Wildman–Crippen MR) is 258 cm³/mol. The summed E-state index contributed by atoms with van der Waals surface area (Å²) in [6, 6.07) is 76.2. The summed E-state index contributed by atoms with van der Waals surface area (Å²) >= 11 is 0. The molecule has 1 saturated heterocycles. The SMILES string of the molecule is c1ccc(-c2ccc(C3NC(c4ccccc4-n4c5ccccc5c5ccc6c7ccccc7n(-c7ccccc7)c6c54)NC(c4cccc5c4oc4ccccc45)N3)cc2)cc1. The van der Waals surface area contributed by atoms with Gasteiger partial charge in [-0.3, -0.25) is 16.0 Å². The van der Waals surface area contributed by atoms with Crippen LogP contribution in [0, 0.1) is 0 Å². The van der Waals surface area contributed by atoms with E-state index in [-0.39, 0.29) is 18.5 Å². The second-order valence-corrected chi connectivity index (χ2v) is 16.6. The minimum Gasteiger partial charge on any atom is -0.456 e. The lowest BCUT2D eigenvalue weighted by Crippen LogP contribution is -2.54. The number of benzene rings is 9. The van der Waals surface area contributed by atoms with Crippen molar-refractivity contribution in [3.63, 3.8) is 0 Å². The summed E-state index contributed by atoms with van der Waals surface area (Å²) < 4.78 is 11.6. The van der Waals surface area contributed by atoms with Crippen LogP contribution >= 0.6 is 0 Å². The second kappa shape index (κ2) is 14.4. The molecule has 3 N–H and O–H groups in total. The van der Waals surface area contributed by atoms with Gasteiger partial charge in [0.2, 0.25) is 0 Å². The summed E-state index contributed by atoms with van der Waals surface area (Å²) in [6.45, 7) is 0. The van der Waals surface area contributed by atoms with Crippen molar-refractivity contribution in [3.05, 3.63) is 229 Å². The van der Waals surface area contributed by atoms with E-state index in [1.165, 1.54) is 49.2 Å². The zero-order valence-corrected chi connectivity index (χ0v) is 34.2. The van der Waals surface area contributed by atoms with Gasteiger partial charge in [-0.25, -0.2) is 0 Å². The molecule has 3 atom stereocenters. The lowest BCUT2D eigenvalue weighted by molar-refractivity contribution is 0.203. The Bertz CT molecular complexity index is 3680. The van der Waals surface area contributed by atoms with Gasteiger partial charge in [0.05, 0.1) is 46.3 Å². The lowest BCUT2D eigenvalue weighted by atomic mass is 10.00. The Morgan fingerprint density at radius 1 is 0.349 bits per heavy atom. The third-order valence-electron chi connectivity index (χ3n) is 13.1. The van der Waals surface area contributed by atoms with E-state index in [9.17, 15) is 0 Å². The molecule has 13 rings (SSSR count). The van der Waals surface area contributed by atoms with E-state index >= 15 is 0 Å². The van der Waals surface area contributed by atoms with Crippen molar-refractivity contribution in [3.8, 4) is 22.5 Å². The first-order chi connectivity index (χ1) is 31.3. The number of hydrogen-bond donors (Lipinski definition) is 3. The molecule has 63 heavy (non-hydrogen) atoms. The van der Waals surface area contributed by atoms with E-state index in [1.54, 1.807) is 0 Å². The number of aromatic nitrogens is 2. The molecule has 1 aliphatic heterocycles. The normalized spacial score (nSPS) is 16.9. The minimum atomic E-state index is -0.277. The highest BCUT2D eigenvalue weighted by Gasteiger charge is 2.33. The van der Waals surface area contributed by atoms with Gasteiger partial charge in [0.25, 0.3) is 0 Å². The van der Waals surface area contributed by atoms with Crippen LogP contribution in [-0.4, -0.2) is 9.13 Å². The fourth-order valence-corrected chi connectivity index (χ4v) is 10.2. The number of nitrogens with zero attached hydrogens (tertiary/aromatic N) is 2. The lowest BCUT2D eigenvalue weighted by Gasteiger charge is -2.40. The van der Waals surface area contributed by atoms with Crippen molar-refractivity contribution >= 4 is 65.6 Å². The fraction of sp³-hybridized carbons (Fsp3) is 0.0526. The molecule has 0 bridgehead atoms. The largest absolute Gasteiger partial charge is 0.456 e. The zero-order chi connectivity index (χ0) is 41.4. The van der Waals surface area contributed by atoms with Crippen LogP contribution in [0.15, 0.2) is 217 Å². The van der Waals surface area contributed by atoms with Gasteiger partial charge >= 0.3 is 0 Å². The Hall–Kier alpha value is -7.74. The first-order valence-electron chi connectivity index (χ1n) is 21.7. The van der Waals surface area contributed by atoms with Crippen molar-refractivity contribution in [1.29, 1.82) is 0 Å². The summed E-state index contributed by atoms with van der Waals surface area (Å²) in [7, 11) is 0. The summed E-state index contributed by atoms with van der Waals surface area (Å²) in [6.07, 6.45) is -0.747. The van der Waals surface area contributed by atoms with Crippen LogP contribution in [0.3, 0.4) is 0 Å². The van der Waals surface area contributed by atoms with Crippen LogP contribution in [0.1, 0.15) is 35.2 Å². The first-order valence-corrected chi connectivity index (χ1v) is 21.7. The molecule has 12 aromatic rings. The highest BCUT2D eigenvalue weighted by atomic mass is 16.3. The van der Waals surface area contributed by atoms with E-state index in [0.29, 0.717) is 0 Å². The van der Waals surface area contributed by atoms with Gasteiger partial charge in [0.15, 0.2) is 0 Å². The van der Waals surface area contributed by atoms with Crippen LogP contribution in [0.5, 0.6) is 0 Å². The van der Waals surface area contributed by atoms with Crippen LogP contribution in [-0.2, 0) is 0 Å². The van der Waals surface area contributed by atoms with Gasteiger partial charge < -0.3 is 13.6 Å². The molecule has 3 unspecified atom stereocenters. The molecular weight excluding hydrogens is 771 g/mol. The number of fused-ring (bicyclic) bond motifs is 10. The van der Waals surface area contributed by atoms with Gasteiger partial charge in [-0.2, -0.15) is 0 Å². The van der Waals surface area contributed by atoms with E-state index in [4.69, 9.17) is 4.42 Å². The summed E-state index contributed by atoms with van der Waals surface area (Å²) in [5.74, 6) is 0. The Kier molecular flexibility index (Phi) is 8.24. The van der Waals surface area contributed by atoms with Crippen molar-refractivity contribution in [2.45, 2.75) is 18.5 Å². The smallest absolute Gasteiger partial charge is 0.141 e. The molecule has 0 radical (unpaired) electrons. The highest BCUT2D eigenvalue weighted by Crippen LogP contribution is 2.43. The summed E-state index contributed by atoms with van der Waals surface area (Å²) in [4.78, 5) is 0. The molecule has 1 aliphatic rings. The quantitative estimate of drug-likeness (QED) is 0.157. The molecule has 4 heterocycles. The molecule has 6 nitrogen and oxygen atoms in total. The molecule has 0 amide bonds. The average molecular weight is 812 g/mol. The maximum Gasteiger partial charge on any atom is 0.141 e. The van der Waals surface area contributed by atoms with E-state index in [0.717, 1.165) is 55.5 Å². The van der Waals surface area contributed by atoms with Gasteiger partial charge in [-0.1, -0.05) is 176 Å². The molecule has 9 aromatic carbocycles. The van der Waals surface area contributed by atoms with Gasteiger partial charge in [-0.15, -0.1) is 0 Å². The molecule has 3 aromatic heterocycles. The molecule has 0 aliphatic carbocycles. The second-order valence-electron chi connectivity index (χ2n) is 16.6. The Morgan fingerprint density at radius 2 is 0.873 bits per heavy atom. The minimum absolute atomic E-state index is 0.204. The van der Waals surface area contributed by atoms with Crippen LogP contribution in [0.25, 0.3) is 88.1 Å². The van der Waals surface area contributed by atoms with Gasteiger partial charge in [-0.05, 0) is 53.1 Å². The molecule has 1 fully saturated rings. The average Bonchev–Trinajstić information content (AvgIpc) is 4.02. The Balaban J connectivity index is 1.03. The summed E-state index contributed by atoms with van der Waals surface area (Å²) in [5.41, 5.74) is 14.4. The fourth-order valence-electron chi connectivity index (χ4n) is 10.2. The Labute approximate surface area is 363 Å². The molecular formula is C57H41N5O. The first kappa shape index (κ1) is 36.0. The molecule has 0 saturated carbocycles. The van der Waals surface area contributed by atoms with Crippen molar-refractivity contribution in [2.24, 2.45) is 0 Å². The summed E-state index contributed by atoms with van der Waals surface area (Å²) in [5, 5.41) is 19.2. The number of para-hydroxylation sites is 6. The van der Waals surface area contributed by atoms with Crippen LogP contribution in [0.2, 0.25) is 0 Å². The molecule has 0 spiro atoms. The third-order valence-corrected chi connectivity index (χ3v) is 13.1. The van der Waals surface area contributed by atoms with Crippen molar-refractivity contribution < 1.29 is 4.42 Å². The van der Waals surface area contributed by atoms with E-state index in [2.05, 4.69) is 231 Å². The van der Waals surface area contributed by atoms with E-state index < -0.39 is 0 Å². The molecule has 6 heteroatoms. The van der Waals surface area contributed by atoms with Crippen molar-refractivity contribution in [1.82, 2.24) is 25.1 Å². The van der Waals surface area contributed by atoms with Crippen molar-refractivity contribution in [2.75, 3.05) is 0 Å². The number of furan rings is 1. The topological polar surface area (TPSA) is 59.1 Å². The van der Waals surface area contributed by atoms with Gasteiger partial charge in [0, 0.05) is 49.1 Å². The van der Waals surface area contributed by atoms with E-state index in [1.807, 2.05) is 6.07 Å². The standard InChI is InChI=1S/C57H41N5O/c1-3-16-36(17-4-1)37-30-32-38(33-31-37)55-58-56(60-57(59-55)47-25-15-24-45-42-22-10-14-29-51(42)63-54(45)47)46-23-9-13-28-50(46)62-49-27-12-8-21-41(49)44-35-34-43-40-20-7-11-26-48(40)61(52(43)53(44)62)39-18-5-2-6-19-39/h1-35,55-60H. The Morgan fingerprint density at radius 3 is 1.62 bits per heavy atom.